The van der Waals surface area contributed by atoms with Crippen LogP contribution in [-0.2, 0) is 0 Å². The number of rotatable bonds is 5. The minimum atomic E-state index is -0.740. The molecule has 11 heteroatoms. The van der Waals surface area contributed by atoms with Crippen LogP contribution < -0.4 is 15.6 Å². The summed E-state index contributed by atoms with van der Waals surface area (Å²) >= 11 is 3.33. The number of aromatic amines is 1. The summed E-state index contributed by atoms with van der Waals surface area (Å²) in [5, 5.41) is 2.51. The van der Waals surface area contributed by atoms with E-state index in [1.54, 1.807) is 0 Å². The third-order valence-electron chi connectivity index (χ3n) is 5.06. The first-order chi connectivity index (χ1) is 16.9. The first kappa shape index (κ1) is 22.4. The topological polar surface area (TPSA) is 102 Å². The maximum Gasteiger partial charge on any atom is 0.267 e. The molecule has 0 saturated heterocycles. The Morgan fingerprint density at radius 2 is 1.89 bits per heavy atom. The number of hydrogen-bond acceptors (Lipinski definition) is 5. The van der Waals surface area contributed by atoms with Crippen LogP contribution in [0.1, 0.15) is 10.4 Å². The molecule has 5 rings (SSSR count). The van der Waals surface area contributed by atoms with E-state index < -0.39 is 23.1 Å². The first-order valence-electron chi connectivity index (χ1n) is 10.1. The number of imidazole rings is 1. The van der Waals surface area contributed by atoms with E-state index in [2.05, 4.69) is 36.2 Å². The van der Waals surface area contributed by atoms with E-state index >= 15 is 0 Å². The van der Waals surface area contributed by atoms with Crippen molar-refractivity contribution >= 4 is 38.7 Å². The Hall–Kier alpha value is -4.38. The van der Waals surface area contributed by atoms with Gasteiger partial charge in [-0.15, -0.1) is 0 Å². The van der Waals surface area contributed by atoms with Crippen molar-refractivity contribution in [2.24, 2.45) is 0 Å². The lowest BCUT2D eigenvalue weighted by Crippen LogP contribution is -2.27. The Morgan fingerprint density at radius 3 is 2.66 bits per heavy atom. The summed E-state index contributed by atoms with van der Waals surface area (Å²) in [5.41, 5.74) is 0.631. The van der Waals surface area contributed by atoms with Crippen molar-refractivity contribution in [3.63, 3.8) is 0 Å². The highest BCUT2D eigenvalue weighted by Crippen LogP contribution is 2.35. The number of carbonyl (C=O) groups is 1. The van der Waals surface area contributed by atoms with Gasteiger partial charge in [0.15, 0.2) is 23.0 Å². The second kappa shape index (κ2) is 9.11. The van der Waals surface area contributed by atoms with Gasteiger partial charge in [0.2, 0.25) is 0 Å². The Balaban J connectivity index is 1.38. The molecule has 0 saturated carbocycles. The number of hydrogen-bond donors (Lipinski definition) is 2. The maximum absolute atomic E-state index is 14.8. The van der Waals surface area contributed by atoms with Crippen LogP contribution in [0.25, 0.3) is 16.9 Å². The van der Waals surface area contributed by atoms with E-state index in [0.717, 1.165) is 6.07 Å². The highest BCUT2D eigenvalue weighted by atomic mass is 79.9. The minimum Gasteiger partial charge on any atom is -0.451 e. The molecule has 3 heterocycles. The third-order valence-corrected chi connectivity index (χ3v) is 5.63. The quantitative estimate of drug-likeness (QED) is 0.321. The van der Waals surface area contributed by atoms with Gasteiger partial charge in [-0.2, -0.15) is 0 Å². The molecule has 0 aliphatic heterocycles. The summed E-state index contributed by atoms with van der Waals surface area (Å²) in [4.78, 5) is 36.6. The number of fused-ring (bicyclic) bond motifs is 1. The van der Waals surface area contributed by atoms with E-state index in [1.807, 2.05) is 0 Å². The standard InChI is InChI=1S/C24H14BrF2N5O3/c25-17-11-28-22-20(29-12-30-22)21(17)35-19-8-5-14(10-18(19)27)31-23(33)16-2-1-9-32(24(16)34)15-6-3-13(26)4-7-15/h1-12H,(H,31,33)(H,28,29,30). The van der Waals surface area contributed by atoms with Gasteiger partial charge in [-0.25, -0.2) is 18.7 Å². The zero-order valence-corrected chi connectivity index (χ0v) is 19.2. The molecule has 0 spiro atoms. The van der Waals surface area contributed by atoms with Crippen LogP contribution in [0.4, 0.5) is 14.5 Å². The minimum absolute atomic E-state index is 0.0934. The smallest absolute Gasteiger partial charge is 0.267 e. The largest absolute Gasteiger partial charge is 0.451 e. The lowest BCUT2D eigenvalue weighted by Gasteiger charge is -2.11. The van der Waals surface area contributed by atoms with Gasteiger partial charge in [0.05, 0.1) is 10.8 Å². The molecule has 1 amide bonds. The maximum atomic E-state index is 14.8. The van der Waals surface area contributed by atoms with Gasteiger partial charge in [-0.3, -0.25) is 14.2 Å². The predicted octanol–water partition coefficient (Wildman–Crippen LogP) is 5.19. The fourth-order valence-corrected chi connectivity index (χ4v) is 3.77. The average Bonchev–Trinajstić information content (AvgIpc) is 3.32. The van der Waals surface area contributed by atoms with Gasteiger partial charge >= 0.3 is 0 Å². The van der Waals surface area contributed by atoms with Crippen LogP contribution >= 0.6 is 15.9 Å². The molecular weight excluding hydrogens is 524 g/mol. The fraction of sp³-hybridized carbons (Fsp3) is 0. The first-order valence-corrected chi connectivity index (χ1v) is 10.9. The number of carbonyl (C=O) groups excluding carboxylic acids is 1. The Labute approximate surface area is 204 Å². The second-order valence-electron chi connectivity index (χ2n) is 7.31. The van der Waals surface area contributed by atoms with Gasteiger partial charge in [0.25, 0.3) is 11.5 Å². The molecule has 0 fully saturated rings. The van der Waals surface area contributed by atoms with Crippen LogP contribution in [0, 0.1) is 11.6 Å². The number of nitrogens with one attached hydrogen (secondary N) is 2. The van der Waals surface area contributed by atoms with Crippen molar-refractivity contribution < 1.29 is 18.3 Å². The Morgan fingerprint density at radius 1 is 1.09 bits per heavy atom. The third kappa shape index (κ3) is 4.41. The molecule has 2 N–H and O–H groups in total. The van der Waals surface area contributed by atoms with Gasteiger partial charge in [-0.05, 0) is 64.5 Å². The lowest BCUT2D eigenvalue weighted by atomic mass is 10.2. The number of amides is 1. The lowest BCUT2D eigenvalue weighted by molar-refractivity contribution is 0.102. The zero-order chi connectivity index (χ0) is 24.5. The fourth-order valence-electron chi connectivity index (χ4n) is 3.39. The van der Waals surface area contributed by atoms with Crippen LogP contribution in [0.15, 0.2) is 82.6 Å². The molecule has 35 heavy (non-hydrogen) atoms. The van der Waals surface area contributed by atoms with E-state index in [4.69, 9.17) is 4.74 Å². The molecule has 5 aromatic rings. The number of anilines is 1. The monoisotopic (exact) mass is 537 g/mol. The number of benzene rings is 2. The van der Waals surface area contributed by atoms with Gasteiger partial charge in [0, 0.05) is 29.8 Å². The highest BCUT2D eigenvalue weighted by molar-refractivity contribution is 9.10. The molecule has 8 nitrogen and oxygen atoms in total. The second-order valence-corrected chi connectivity index (χ2v) is 8.17. The molecule has 0 bridgehead atoms. The number of aromatic nitrogens is 4. The SMILES string of the molecule is O=C(Nc1ccc(Oc2c(Br)cnc3nc[nH]c23)c(F)c1)c1cccn(-c2ccc(F)cc2)c1=O. The van der Waals surface area contributed by atoms with Crippen LogP contribution in [-0.4, -0.2) is 25.4 Å². The zero-order valence-electron chi connectivity index (χ0n) is 17.6. The van der Waals surface area contributed by atoms with Crippen molar-refractivity contribution in [1.82, 2.24) is 19.5 Å². The normalized spacial score (nSPS) is 10.9. The molecule has 3 aromatic heterocycles. The molecular formula is C24H14BrF2N5O3. The predicted molar refractivity (Wildman–Crippen MR) is 128 cm³/mol. The molecule has 174 valence electrons. The van der Waals surface area contributed by atoms with Gasteiger partial charge in [-0.1, -0.05) is 0 Å². The Bertz CT molecular complexity index is 1630. The Kier molecular flexibility index (Phi) is 5.83. The number of halogens is 3. The molecule has 2 aromatic carbocycles. The van der Waals surface area contributed by atoms with Crippen molar-refractivity contribution in [3.8, 4) is 17.2 Å². The summed E-state index contributed by atoms with van der Waals surface area (Å²) in [5.74, 6) is -1.71. The van der Waals surface area contributed by atoms with Crippen molar-refractivity contribution in [3.05, 3.63) is 105 Å². The van der Waals surface area contributed by atoms with Crippen molar-refractivity contribution in [2.75, 3.05) is 5.32 Å². The van der Waals surface area contributed by atoms with Crippen molar-refractivity contribution in [2.45, 2.75) is 0 Å². The van der Waals surface area contributed by atoms with E-state index in [9.17, 15) is 18.4 Å². The van der Waals surface area contributed by atoms with Gasteiger partial charge in [0.1, 0.15) is 16.9 Å². The average molecular weight is 538 g/mol. The van der Waals surface area contributed by atoms with E-state index in [1.165, 1.54) is 71.8 Å². The highest BCUT2D eigenvalue weighted by Gasteiger charge is 2.17. The number of nitrogens with zero attached hydrogens (tertiary/aromatic N) is 3. The van der Waals surface area contributed by atoms with E-state index in [0.29, 0.717) is 27.1 Å². The molecule has 0 radical (unpaired) electrons. The van der Waals surface area contributed by atoms with Crippen molar-refractivity contribution in [1.29, 1.82) is 0 Å². The van der Waals surface area contributed by atoms with Crippen LogP contribution in [0.5, 0.6) is 11.5 Å². The summed E-state index contributed by atoms with van der Waals surface area (Å²) in [6, 6.07) is 12.0. The van der Waals surface area contributed by atoms with Crippen LogP contribution in [0.2, 0.25) is 0 Å². The number of ether oxygens (including phenoxy) is 1. The number of pyridine rings is 2. The molecule has 0 aliphatic carbocycles. The molecule has 0 unspecified atom stereocenters. The summed E-state index contributed by atoms with van der Waals surface area (Å²) < 4.78 is 35.5. The summed E-state index contributed by atoms with van der Waals surface area (Å²) in [7, 11) is 0. The number of H-pyrrole nitrogens is 1. The summed E-state index contributed by atoms with van der Waals surface area (Å²) in [6.07, 6.45) is 4.40. The summed E-state index contributed by atoms with van der Waals surface area (Å²) in [6.45, 7) is 0. The van der Waals surface area contributed by atoms with Gasteiger partial charge < -0.3 is 15.0 Å². The molecule has 0 aliphatic rings. The van der Waals surface area contributed by atoms with Crippen LogP contribution in [0.3, 0.4) is 0 Å². The molecule has 0 atom stereocenters. The van der Waals surface area contributed by atoms with E-state index in [-0.39, 0.29) is 17.0 Å².